The van der Waals surface area contributed by atoms with Gasteiger partial charge in [0, 0.05) is 37.3 Å². The van der Waals surface area contributed by atoms with Gasteiger partial charge in [-0.3, -0.25) is 9.59 Å². The van der Waals surface area contributed by atoms with Crippen LogP contribution in [0.2, 0.25) is 0 Å². The number of rotatable bonds is 3. The van der Waals surface area contributed by atoms with Crippen LogP contribution in [0.4, 0.5) is 11.4 Å². The number of hydrogen-bond acceptors (Lipinski definition) is 4. The second-order valence-electron chi connectivity index (χ2n) is 5.59. The first-order valence-electron chi connectivity index (χ1n) is 7.08. The normalized spacial score (nSPS) is 22.7. The van der Waals surface area contributed by atoms with Gasteiger partial charge in [0.2, 0.25) is 21.8 Å². The van der Waals surface area contributed by atoms with Crippen molar-refractivity contribution in [2.24, 2.45) is 5.14 Å². The Hall–Kier alpha value is -1.93. The minimum absolute atomic E-state index is 0.0507. The number of anilines is 2. The Kier molecular flexibility index (Phi) is 3.65. The summed E-state index contributed by atoms with van der Waals surface area (Å²) in [6, 6.07) is 7.04. The fourth-order valence-corrected chi connectivity index (χ4v) is 3.63. The molecular formula is C14H17N3O4S. The molecule has 2 N–H and O–H groups in total. The van der Waals surface area contributed by atoms with Gasteiger partial charge in [-0.25, -0.2) is 13.6 Å². The summed E-state index contributed by atoms with van der Waals surface area (Å²) in [5, 5.41) is 4.25. The van der Waals surface area contributed by atoms with Crippen LogP contribution in [0.1, 0.15) is 19.3 Å². The Morgan fingerprint density at radius 3 is 2.32 bits per heavy atom. The molecule has 0 saturated carbocycles. The van der Waals surface area contributed by atoms with Gasteiger partial charge < -0.3 is 9.80 Å². The molecule has 2 aliphatic rings. The fraction of sp³-hybridized carbons (Fsp3) is 0.429. The van der Waals surface area contributed by atoms with E-state index >= 15 is 0 Å². The zero-order valence-electron chi connectivity index (χ0n) is 11.9. The Labute approximate surface area is 128 Å². The molecule has 2 saturated heterocycles. The molecule has 1 atom stereocenters. The molecule has 0 spiro atoms. The average Bonchev–Trinajstić information content (AvgIpc) is 3.04. The molecule has 22 heavy (non-hydrogen) atoms. The van der Waals surface area contributed by atoms with Gasteiger partial charge in [-0.2, -0.15) is 0 Å². The average molecular weight is 323 g/mol. The van der Waals surface area contributed by atoms with Gasteiger partial charge >= 0.3 is 0 Å². The van der Waals surface area contributed by atoms with E-state index in [0.29, 0.717) is 18.7 Å². The highest BCUT2D eigenvalue weighted by atomic mass is 32.2. The van der Waals surface area contributed by atoms with Crippen molar-refractivity contribution in [2.75, 3.05) is 22.9 Å². The van der Waals surface area contributed by atoms with Crippen LogP contribution in [0.3, 0.4) is 0 Å². The summed E-state index contributed by atoms with van der Waals surface area (Å²) in [4.78, 5) is 27.0. The van der Waals surface area contributed by atoms with E-state index < -0.39 is 15.3 Å². The number of sulfonamides is 1. The molecule has 1 aromatic carbocycles. The number of nitrogens with two attached hydrogens (primary N) is 1. The molecule has 1 unspecified atom stereocenters. The van der Waals surface area contributed by atoms with Gasteiger partial charge in [0.1, 0.15) is 5.25 Å². The lowest BCUT2D eigenvalue weighted by Crippen LogP contribution is -2.32. The molecule has 0 aromatic heterocycles. The summed E-state index contributed by atoms with van der Waals surface area (Å²) in [7, 11) is -3.74. The molecule has 0 radical (unpaired) electrons. The third-order valence-corrected chi connectivity index (χ3v) is 5.33. The molecule has 0 aliphatic carbocycles. The lowest BCUT2D eigenvalue weighted by molar-refractivity contribution is -0.117. The second kappa shape index (κ2) is 5.36. The summed E-state index contributed by atoms with van der Waals surface area (Å²) >= 11 is 0. The van der Waals surface area contributed by atoms with Gasteiger partial charge in [0.25, 0.3) is 0 Å². The van der Waals surface area contributed by atoms with Gasteiger partial charge in [-0.1, -0.05) is 6.07 Å². The molecule has 2 aliphatic heterocycles. The van der Waals surface area contributed by atoms with Crippen LogP contribution < -0.4 is 14.9 Å². The quantitative estimate of drug-likeness (QED) is 0.859. The van der Waals surface area contributed by atoms with Crippen LogP contribution in [-0.2, 0) is 19.6 Å². The monoisotopic (exact) mass is 323 g/mol. The minimum Gasteiger partial charge on any atom is -0.312 e. The number of benzene rings is 1. The first-order chi connectivity index (χ1) is 10.4. The first-order valence-corrected chi connectivity index (χ1v) is 8.69. The van der Waals surface area contributed by atoms with Crippen molar-refractivity contribution in [2.45, 2.75) is 24.5 Å². The van der Waals surface area contributed by atoms with E-state index in [0.717, 1.165) is 12.1 Å². The Morgan fingerprint density at radius 2 is 1.77 bits per heavy atom. The predicted octanol–water partition coefficient (Wildman–Crippen LogP) is 0.207. The van der Waals surface area contributed by atoms with Crippen molar-refractivity contribution in [3.63, 3.8) is 0 Å². The minimum atomic E-state index is -3.74. The molecule has 2 fully saturated rings. The van der Waals surface area contributed by atoms with Crippen LogP contribution in [0.25, 0.3) is 0 Å². The molecule has 0 bridgehead atoms. The van der Waals surface area contributed by atoms with Crippen molar-refractivity contribution in [3.05, 3.63) is 24.3 Å². The van der Waals surface area contributed by atoms with Crippen LogP contribution in [0.5, 0.6) is 0 Å². The van der Waals surface area contributed by atoms with Gasteiger partial charge in [-0.15, -0.1) is 0 Å². The maximum Gasteiger partial charge on any atom is 0.228 e. The number of hydrogen-bond donors (Lipinski definition) is 1. The second-order valence-corrected chi connectivity index (χ2v) is 7.43. The topological polar surface area (TPSA) is 101 Å². The molecule has 2 amide bonds. The highest BCUT2D eigenvalue weighted by Gasteiger charge is 2.37. The smallest absolute Gasteiger partial charge is 0.228 e. The Balaban J connectivity index is 1.87. The summed E-state index contributed by atoms with van der Waals surface area (Å²) in [5.41, 5.74) is 1.32. The van der Waals surface area contributed by atoms with Gasteiger partial charge in [0.05, 0.1) is 0 Å². The number of amides is 2. The molecule has 118 valence electrons. The Bertz CT molecular complexity index is 731. The number of carbonyl (C=O) groups is 2. The largest absolute Gasteiger partial charge is 0.312 e. The van der Waals surface area contributed by atoms with E-state index in [9.17, 15) is 18.0 Å². The van der Waals surface area contributed by atoms with E-state index in [1.165, 1.54) is 4.90 Å². The fourth-order valence-electron chi connectivity index (χ4n) is 2.89. The van der Waals surface area contributed by atoms with Gasteiger partial charge in [0.15, 0.2) is 0 Å². The summed E-state index contributed by atoms with van der Waals surface area (Å²) in [5.74, 6) is -0.212. The van der Waals surface area contributed by atoms with Crippen molar-refractivity contribution in [1.82, 2.24) is 0 Å². The number of primary sulfonamides is 1. The van der Waals surface area contributed by atoms with Crippen LogP contribution in [0, 0.1) is 0 Å². The lowest BCUT2D eigenvalue weighted by atomic mass is 10.2. The van der Waals surface area contributed by atoms with E-state index in [1.807, 2.05) is 6.07 Å². The predicted molar refractivity (Wildman–Crippen MR) is 81.9 cm³/mol. The van der Waals surface area contributed by atoms with E-state index in [2.05, 4.69) is 0 Å². The van der Waals surface area contributed by atoms with E-state index in [-0.39, 0.29) is 24.8 Å². The van der Waals surface area contributed by atoms with Gasteiger partial charge in [-0.05, 0) is 24.6 Å². The van der Waals surface area contributed by atoms with Crippen molar-refractivity contribution >= 4 is 33.2 Å². The number of carbonyl (C=O) groups excluding carboxylic acids is 2. The maximum absolute atomic E-state index is 12.1. The third-order valence-electron chi connectivity index (χ3n) is 4.08. The summed E-state index contributed by atoms with van der Waals surface area (Å²) < 4.78 is 22.8. The van der Waals surface area contributed by atoms with E-state index in [1.54, 1.807) is 23.1 Å². The first kappa shape index (κ1) is 15.0. The number of nitrogens with zero attached hydrogens (tertiary/aromatic N) is 2. The maximum atomic E-state index is 12.1. The standard InChI is InChI=1S/C14H17N3O4S/c15-22(20,21)12-8-14(19)17(9-12)11-4-1-3-10(7-11)16-6-2-5-13(16)18/h1,3-4,7,12H,2,5-6,8-9H2,(H2,15,20,21). The third kappa shape index (κ3) is 2.71. The molecule has 8 heteroatoms. The highest BCUT2D eigenvalue weighted by Crippen LogP contribution is 2.29. The molecule has 1 aromatic rings. The van der Waals surface area contributed by atoms with Crippen LogP contribution >= 0.6 is 0 Å². The Morgan fingerprint density at radius 1 is 1.09 bits per heavy atom. The molecular weight excluding hydrogens is 306 g/mol. The van der Waals surface area contributed by atoms with Crippen LogP contribution in [-0.4, -0.2) is 38.6 Å². The van der Waals surface area contributed by atoms with Crippen molar-refractivity contribution in [3.8, 4) is 0 Å². The molecule has 3 rings (SSSR count). The van der Waals surface area contributed by atoms with Crippen LogP contribution in [0.15, 0.2) is 24.3 Å². The molecule has 2 heterocycles. The van der Waals surface area contributed by atoms with Crippen molar-refractivity contribution in [1.29, 1.82) is 0 Å². The zero-order valence-corrected chi connectivity index (χ0v) is 12.8. The summed E-state index contributed by atoms with van der Waals surface area (Å²) in [6.07, 6.45) is 1.24. The lowest BCUT2D eigenvalue weighted by Gasteiger charge is -2.20. The summed E-state index contributed by atoms with van der Waals surface area (Å²) in [6.45, 7) is 0.713. The molecule has 7 nitrogen and oxygen atoms in total. The van der Waals surface area contributed by atoms with E-state index in [4.69, 9.17) is 5.14 Å². The zero-order chi connectivity index (χ0) is 15.9. The van der Waals surface area contributed by atoms with Crippen molar-refractivity contribution < 1.29 is 18.0 Å². The highest BCUT2D eigenvalue weighted by molar-refractivity contribution is 7.89. The SMILES string of the molecule is NS(=O)(=O)C1CC(=O)N(c2cccc(N3CCCC3=O)c2)C1.